The third-order valence-electron chi connectivity index (χ3n) is 3.14. The zero-order chi connectivity index (χ0) is 15.7. The van der Waals surface area contributed by atoms with Gasteiger partial charge in [-0.3, -0.25) is 4.79 Å². The van der Waals surface area contributed by atoms with Crippen molar-refractivity contribution in [3.63, 3.8) is 0 Å². The molecule has 0 heterocycles. The molecule has 0 aliphatic rings. The highest BCUT2D eigenvalue weighted by Crippen LogP contribution is 2.10. The van der Waals surface area contributed by atoms with Crippen molar-refractivity contribution in [1.82, 2.24) is 10.0 Å². The molecule has 0 bridgehead atoms. The van der Waals surface area contributed by atoms with E-state index in [1.54, 1.807) is 24.3 Å². The number of benzene rings is 1. The molecule has 0 atom stereocenters. The minimum Gasteiger partial charge on any atom is -0.355 e. The monoisotopic (exact) mass is 312 g/mol. The Hall–Kier alpha value is -1.40. The van der Waals surface area contributed by atoms with E-state index in [0.717, 1.165) is 24.8 Å². The molecule has 2 N–H and O–H groups in total. The molecule has 1 rings (SSSR count). The summed E-state index contributed by atoms with van der Waals surface area (Å²) in [4.78, 5) is 11.6. The Bertz CT molecular complexity index is 539. The fraction of sp³-hybridized carbons (Fsp3) is 0.533. The molecular formula is C15H24N2O3S. The highest BCUT2D eigenvalue weighted by molar-refractivity contribution is 7.89. The number of aryl methyl sites for hydroxylation is 1. The van der Waals surface area contributed by atoms with Gasteiger partial charge >= 0.3 is 0 Å². The van der Waals surface area contributed by atoms with Gasteiger partial charge < -0.3 is 5.32 Å². The summed E-state index contributed by atoms with van der Waals surface area (Å²) in [6.45, 7) is 4.53. The van der Waals surface area contributed by atoms with Crippen LogP contribution in [-0.2, 0) is 21.2 Å². The van der Waals surface area contributed by atoms with Crippen LogP contribution in [0.1, 0.15) is 38.7 Å². The van der Waals surface area contributed by atoms with E-state index in [0.29, 0.717) is 13.0 Å². The molecule has 5 nitrogen and oxygen atoms in total. The predicted molar refractivity (Wildman–Crippen MR) is 83.5 cm³/mol. The first-order chi connectivity index (χ1) is 9.99. The Labute approximate surface area is 127 Å². The zero-order valence-electron chi connectivity index (χ0n) is 12.7. The molecule has 1 aromatic carbocycles. The summed E-state index contributed by atoms with van der Waals surface area (Å²) < 4.78 is 26.5. The number of rotatable bonds is 9. The van der Waals surface area contributed by atoms with Gasteiger partial charge in [-0.1, -0.05) is 32.4 Å². The van der Waals surface area contributed by atoms with Gasteiger partial charge in [-0.2, -0.15) is 0 Å². The van der Waals surface area contributed by atoms with Gasteiger partial charge in [0, 0.05) is 19.5 Å². The molecule has 0 aromatic heterocycles. The van der Waals surface area contributed by atoms with Gasteiger partial charge in [-0.15, -0.1) is 0 Å². The van der Waals surface area contributed by atoms with E-state index >= 15 is 0 Å². The van der Waals surface area contributed by atoms with E-state index in [9.17, 15) is 13.2 Å². The van der Waals surface area contributed by atoms with Gasteiger partial charge in [0.1, 0.15) is 0 Å². The lowest BCUT2D eigenvalue weighted by molar-refractivity contribution is -0.121. The summed E-state index contributed by atoms with van der Waals surface area (Å²) in [5, 5.41) is 2.69. The predicted octanol–water partition coefficient (Wildman–Crippen LogP) is 1.83. The number of sulfonamides is 1. The number of hydrogen-bond donors (Lipinski definition) is 2. The molecule has 1 aromatic rings. The number of carbonyl (C=O) groups excluding carboxylic acids is 1. The molecule has 0 radical (unpaired) electrons. The third-order valence-corrected chi connectivity index (χ3v) is 4.62. The van der Waals surface area contributed by atoms with Gasteiger partial charge in [-0.05, 0) is 30.5 Å². The van der Waals surface area contributed by atoms with Crippen LogP contribution in [0, 0.1) is 0 Å². The minimum absolute atomic E-state index is 0.0386. The van der Waals surface area contributed by atoms with Crippen LogP contribution in [0.5, 0.6) is 0 Å². The highest BCUT2D eigenvalue weighted by Gasteiger charge is 2.12. The molecule has 118 valence electrons. The summed E-state index contributed by atoms with van der Waals surface area (Å²) in [7, 11) is -3.50. The maximum absolute atomic E-state index is 12.0. The van der Waals surface area contributed by atoms with E-state index in [-0.39, 0.29) is 17.3 Å². The first-order valence-electron chi connectivity index (χ1n) is 7.35. The Morgan fingerprint density at radius 1 is 1.10 bits per heavy atom. The van der Waals surface area contributed by atoms with Crippen LogP contribution in [0.2, 0.25) is 0 Å². The summed E-state index contributed by atoms with van der Waals surface area (Å²) in [5.74, 6) is -0.0386. The average molecular weight is 312 g/mol. The second-order valence-electron chi connectivity index (χ2n) is 4.85. The molecule has 0 aliphatic carbocycles. The maximum atomic E-state index is 12.0. The van der Waals surface area contributed by atoms with Crippen molar-refractivity contribution in [2.45, 2.75) is 44.4 Å². The van der Waals surface area contributed by atoms with Crippen molar-refractivity contribution in [2.24, 2.45) is 0 Å². The van der Waals surface area contributed by atoms with E-state index in [2.05, 4.69) is 10.0 Å². The van der Waals surface area contributed by atoms with Crippen LogP contribution in [0.25, 0.3) is 0 Å². The first kappa shape index (κ1) is 17.7. The van der Waals surface area contributed by atoms with Gasteiger partial charge in [0.05, 0.1) is 4.90 Å². The van der Waals surface area contributed by atoms with E-state index in [4.69, 9.17) is 0 Å². The number of unbranched alkanes of at least 4 members (excludes halogenated alkanes) is 1. The lowest BCUT2D eigenvalue weighted by Gasteiger charge is -2.08. The van der Waals surface area contributed by atoms with E-state index in [1.165, 1.54) is 0 Å². The molecule has 0 saturated carbocycles. The quantitative estimate of drug-likeness (QED) is 0.683. The summed E-state index contributed by atoms with van der Waals surface area (Å²) in [6, 6.07) is 6.81. The van der Waals surface area contributed by atoms with Crippen LogP contribution in [0.3, 0.4) is 0 Å². The SMILES string of the molecule is CCCCC(=O)NCCNS(=O)(=O)c1ccc(CC)cc1. The molecule has 0 saturated heterocycles. The lowest BCUT2D eigenvalue weighted by atomic mass is 10.2. The van der Waals surface area contributed by atoms with Crippen molar-refractivity contribution < 1.29 is 13.2 Å². The smallest absolute Gasteiger partial charge is 0.240 e. The third kappa shape index (κ3) is 6.27. The molecule has 1 amide bonds. The van der Waals surface area contributed by atoms with Crippen LogP contribution in [-0.4, -0.2) is 27.4 Å². The molecule has 0 fully saturated rings. The fourth-order valence-corrected chi connectivity index (χ4v) is 2.83. The van der Waals surface area contributed by atoms with Gasteiger partial charge in [0.15, 0.2) is 0 Å². The van der Waals surface area contributed by atoms with E-state index < -0.39 is 10.0 Å². The average Bonchev–Trinajstić information content (AvgIpc) is 2.49. The first-order valence-corrected chi connectivity index (χ1v) is 8.83. The van der Waals surface area contributed by atoms with Crippen LogP contribution >= 0.6 is 0 Å². The lowest BCUT2D eigenvalue weighted by Crippen LogP contribution is -2.34. The number of carbonyl (C=O) groups is 1. The number of nitrogens with one attached hydrogen (secondary N) is 2. The maximum Gasteiger partial charge on any atom is 0.240 e. The highest BCUT2D eigenvalue weighted by atomic mass is 32.2. The molecule has 21 heavy (non-hydrogen) atoms. The second kappa shape index (κ2) is 8.79. The Morgan fingerprint density at radius 2 is 1.76 bits per heavy atom. The number of amides is 1. The Morgan fingerprint density at radius 3 is 2.33 bits per heavy atom. The molecular weight excluding hydrogens is 288 g/mol. The molecule has 0 spiro atoms. The van der Waals surface area contributed by atoms with Gasteiger partial charge in [0.25, 0.3) is 0 Å². The minimum atomic E-state index is -3.50. The second-order valence-corrected chi connectivity index (χ2v) is 6.62. The summed E-state index contributed by atoms with van der Waals surface area (Å²) >= 11 is 0. The molecule has 0 aliphatic heterocycles. The van der Waals surface area contributed by atoms with Crippen molar-refractivity contribution in [3.8, 4) is 0 Å². The normalized spacial score (nSPS) is 11.3. The standard InChI is InChI=1S/C15H24N2O3S/c1-3-5-6-15(18)16-11-12-17-21(19,20)14-9-7-13(4-2)8-10-14/h7-10,17H,3-6,11-12H2,1-2H3,(H,16,18). The van der Waals surface area contributed by atoms with Crippen molar-refractivity contribution in [3.05, 3.63) is 29.8 Å². The number of hydrogen-bond acceptors (Lipinski definition) is 3. The largest absolute Gasteiger partial charge is 0.355 e. The van der Waals surface area contributed by atoms with Crippen molar-refractivity contribution in [2.75, 3.05) is 13.1 Å². The Balaban J connectivity index is 2.40. The van der Waals surface area contributed by atoms with Crippen LogP contribution < -0.4 is 10.0 Å². The topological polar surface area (TPSA) is 75.3 Å². The van der Waals surface area contributed by atoms with Gasteiger partial charge in [-0.25, -0.2) is 13.1 Å². The van der Waals surface area contributed by atoms with E-state index in [1.807, 2.05) is 13.8 Å². The summed E-state index contributed by atoms with van der Waals surface area (Å²) in [6.07, 6.45) is 3.18. The molecule has 0 unspecified atom stereocenters. The zero-order valence-corrected chi connectivity index (χ0v) is 13.5. The molecule has 6 heteroatoms. The van der Waals surface area contributed by atoms with Crippen molar-refractivity contribution >= 4 is 15.9 Å². The van der Waals surface area contributed by atoms with Crippen LogP contribution in [0.4, 0.5) is 0 Å². The fourth-order valence-electron chi connectivity index (χ4n) is 1.80. The Kier molecular flexibility index (Phi) is 7.39. The van der Waals surface area contributed by atoms with Crippen LogP contribution in [0.15, 0.2) is 29.2 Å². The summed E-state index contributed by atoms with van der Waals surface area (Å²) in [5.41, 5.74) is 1.09. The van der Waals surface area contributed by atoms with Gasteiger partial charge in [0.2, 0.25) is 15.9 Å². The van der Waals surface area contributed by atoms with Crippen molar-refractivity contribution in [1.29, 1.82) is 0 Å².